The molecule has 0 saturated carbocycles. The van der Waals surface area contributed by atoms with Crippen LogP contribution < -0.4 is 10.9 Å². The second-order valence-electron chi connectivity index (χ2n) is 9.60. The van der Waals surface area contributed by atoms with Gasteiger partial charge in [-0.1, -0.05) is 17.9 Å². The van der Waals surface area contributed by atoms with Crippen molar-refractivity contribution < 1.29 is 13.6 Å². The Labute approximate surface area is 237 Å². The maximum Gasteiger partial charge on any atom is 0.267 e. The average molecular weight is 565 g/mol. The van der Waals surface area contributed by atoms with Crippen molar-refractivity contribution >= 4 is 22.5 Å². The number of rotatable bonds is 4. The number of aromatic nitrogens is 7. The molecule has 1 N–H and O–H groups in total. The van der Waals surface area contributed by atoms with E-state index in [-0.39, 0.29) is 22.5 Å². The summed E-state index contributed by atoms with van der Waals surface area (Å²) in [6, 6.07) is 8.99. The molecule has 4 heterocycles. The van der Waals surface area contributed by atoms with Gasteiger partial charge in [0.1, 0.15) is 11.4 Å². The predicted molar refractivity (Wildman–Crippen MR) is 150 cm³/mol. The molecule has 12 heteroatoms. The van der Waals surface area contributed by atoms with Gasteiger partial charge in [-0.05, 0) is 44.2 Å². The third-order valence-corrected chi connectivity index (χ3v) is 6.66. The minimum Gasteiger partial charge on any atom is -0.342 e. The number of benzene rings is 2. The normalized spacial score (nSPS) is 11.8. The van der Waals surface area contributed by atoms with Crippen molar-refractivity contribution in [2.75, 3.05) is 0 Å². The van der Waals surface area contributed by atoms with Gasteiger partial charge in [-0.2, -0.15) is 10.2 Å². The summed E-state index contributed by atoms with van der Waals surface area (Å²) in [5.74, 6) is 3.40. The number of carbonyl (C=O) groups is 1. The highest BCUT2D eigenvalue weighted by Crippen LogP contribution is 2.22. The van der Waals surface area contributed by atoms with Gasteiger partial charge in [0, 0.05) is 37.3 Å². The van der Waals surface area contributed by atoms with Crippen LogP contribution in [-0.2, 0) is 7.05 Å². The fraction of sp³-hybridized carbons (Fsp3) is 0.133. The topological polar surface area (TPSA) is 112 Å². The summed E-state index contributed by atoms with van der Waals surface area (Å²) in [5.41, 5.74) is 1.91. The highest BCUT2D eigenvalue weighted by Gasteiger charge is 2.25. The molecular weight excluding hydrogens is 542 g/mol. The molecule has 208 valence electrons. The van der Waals surface area contributed by atoms with Gasteiger partial charge in [0.25, 0.3) is 11.5 Å². The van der Waals surface area contributed by atoms with Crippen molar-refractivity contribution in [2.24, 2.45) is 7.05 Å². The number of fused-ring (bicyclic) bond motifs is 2. The van der Waals surface area contributed by atoms with Gasteiger partial charge in [0.2, 0.25) is 0 Å². The van der Waals surface area contributed by atoms with Gasteiger partial charge in [0.15, 0.2) is 17.3 Å². The minimum absolute atomic E-state index is 0.0354. The van der Waals surface area contributed by atoms with E-state index in [1.54, 1.807) is 74.6 Å². The monoisotopic (exact) mass is 564 g/mol. The molecule has 2 aromatic carbocycles. The number of hydrogen-bond acceptors (Lipinski definition) is 6. The molecule has 1 atom stereocenters. The highest BCUT2D eigenvalue weighted by molar-refractivity contribution is 6.01. The third-order valence-electron chi connectivity index (χ3n) is 6.66. The Morgan fingerprint density at radius 1 is 1.10 bits per heavy atom. The minimum atomic E-state index is -1.14. The second-order valence-corrected chi connectivity index (χ2v) is 9.60. The van der Waals surface area contributed by atoms with Crippen LogP contribution in [0.15, 0.2) is 72.0 Å². The van der Waals surface area contributed by atoms with Crippen LogP contribution in [0.25, 0.3) is 22.2 Å². The fourth-order valence-corrected chi connectivity index (χ4v) is 4.74. The number of nitrogens with one attached hydrogen (secondary N) is 1. The van der Waals surface area contributed by atoms with Gasteiger partial charge < -0.3 is 5.32 Å². The van der Waals surface area contributed by atoms with E-state index < -0.39 is 29.1 Å². The van der Waals surface area contributed by atoms with E-state index in [1.165, 1.54) is 10.6 Å². The van der Waals surface area contributed by atoms with Crippen LogP contribution in [0.1, 0.15) is 46.0 Å². The first-order valence-corrected chi connectivity index (χ1v) is 12.8. The maximum atomic E-state index is 14.4. The maximum absolute atomic E-state index is 14.4. The summed E-state index contributed by atoms with van der Waals surface area (Å²) < 4.78 is 32.5. The zero-order valence-electron chi connectivity index (χ0n) is 22.6. The SMILES string of the molecule is Cc1nn2cccnc2c1C(=O)N[C@@H](C)c1nc2cccc(C#Cc3cnn(C)c3)c2c(=O)n1-c1ccc(F)c(F)c1. The Kier molecular flexibility index (Phi) is 6.54. The molecule has 0 radical (unpaired) electrons. The summed E-state index contributed by atoms with van der Waals surface area (Å²) >= 11 is 0. The van der Waals surface area contributed by atoms with Crippen molar-refractivity contribution in [3.05, 3.63) is 117 Å². The standard InChI is InChI=1S/C30H22F2N8O2/c1-17-25(28-33-12-5-13-39(28)37-17)29(41)35-18(2)27-36-24-7-4-6-20(9-8-19-15-34-38(3)16-19)26(24)30(42)40(27)21-10-11-22(31)23(32)14-21/h4-7,10-16,18H,1-3H3,(H,35,41)/t18-/m0/s1. The van der Waals surface area contributed by atoms with Crippen LogP contribution in [0.4, 0.5) is 8.78 Å². The molecule has 0 fully saturated rings. The van der Waals surface area contributed by atoms with Crippen molar-refractivity contribution in [2.45, 2.75) is 19.9 Å². The summed E-state index contributed by atoms with van der Waals surface area (Å²) in [6.45, 7) is 3.33. The number of hydrogen-bond donors (Lipinski definition) is 1. The molecule has 0 bridgehead atoms. The van der Waals surface area contributed by atoms with Crippen molar-refractivity contribution in [3.8, 4) is 17.5 Å². The van der Waals surface area contributed by atoms with Crippen LogP contribution in [-0.4, -0.2) is 39.8 Å². The van der Waals surface area contributed by atoms with Crippen LogP contribution in [0, 0.1) is 30.4 Å². The molecule has 4 aromatic heterocycles. The second kappa shape index (κ2) is 10.4. The third kappa shape index (κ3) is 4.66. The van der Waals surface area contributed by atoms with E-state index in [4.69, 9.17) is 4.98 Å². The predicted octanol–water partition coefficient (Wildman–Crippen LogP) is 3.64. The van der Waals surface area contributed by atoms with Crippen LogP contribution in [0.5, 0.6) is 0 Å². The van der Waals surface area contributed by atoms with Crippen molar-refractivity contribution in [3.63, 3.8) is 0 Å². The van der Waals surface area contributed by atoms with E-state index in [0.29, 0.717) is 28.0 Å². The Hall–Kier alpha value is -5.70. The lowest BCUT2D eigenvalue weighted by Gasteiger charge is -2.20. The lowest BCUT2D eigenvalue weighted by molar-refractivity contribution is 0.0938. The van der Waals surface area contributed by atoms with Crippen LogP contribution >= 0.6 is 0 Å². The lowest BCUT2D eigenvalue weighted by atomic mass is 10.1. The summed E-state index contributed by atoms with van der Waals surface area (Å²) in [7, 11) is 1.77. The van der Waals surface area contributed by atoms with E-state index in [2.05, 4.69) is 32.3 Å². The van der Waals surface area contributed by atoms with Crippen LogP contribution in [0.2, 0.25) is 0 Å². The first-order valence-electron chi connectivity index (χ1n) is 12.8. The Balaban J connectivity index is 1.50. The molecule has 6 aromatic rings. The van der Waals surface area contributed by atoms with E-state index in [0.717, 1.165) is 16.7 Å². The van der Waals surface area contributed by atoms with Gasteiger partial charge in [-0.15, -0.1) is 0 Å². The molecule has 1 amide bonds. The van der Waals surface area contributed by atoms with Gasteiger partial charge in [-0.3, -0.25) is 18.8 Å². The molecule has 0 aliphatic rings. The zero-order chi connectivity index (χ0) is 29.5. The Morgan fingerprint density at radius 2 is 1.93 bits per heavy atom. The number of amides is 1. The first-order chi connectivity index (χ1) is 20.2. The molecule has 42 heavy (non-hydrogen) atoms. The molecule has 6 rings (SSSR count). The Morgan fingerprint density at radius 3 is 2.69 bits per heavy atom. The van der Waals surface area contributed by atoms with Crippen LogP contribution in [0.3, 0.4) is 0 Å². The smallest absolute Gasteiger partial charge is 0.267 e. The number of nitrogens with zero attached hydrogens (tertiary/aromatic N) is 7. The largest absolute Gasteiger partial charge is 0.342 e. The summed E-state index contributed by atoms with van der Waals surface area (Å²) in [5, 5.41) is 11.5. The molecular formula is C30H22F2N8O2. The highest BCUT2D eigenvalue weighted by atomic mass is 19.2. The molecule has 0 unspecified atom stereocenters. The summed E-state index contributed by atoms with van der Waals surface area (Å²) in [4.78, 5) is 36.5. The lowest BCUT2D eigenvalue weighted by Crippen LogP contribution is -2.33. The molecule has 0 aliphatic heterocycles. The van der Waals surface area contributed by atoms with Gasteiger partial charge >= 0.3 is 0 Å². The Bertz CT molecular complexity index is 2150. The molecule has 0 saturated heterocycles. The average Bonchev–Trinajstić information content (AvgIpc) is 3.54. The summed E-state index contributed by atoms with van der Waals surface area (Å²) in [6.07, 6.45) is 6.56. The molecule has 10 nitrogen and oxygen atoms in total. The first kappa shape index (κ1) is 26.5. The zero-order valence-corrected chi connectivity index (χ0v) is 22.6. The van der Waals surface area contributed by atoms with Gasteiger partial charge in [0.05, 0.1) is 40.1 Å². The number of halogens is 2. The number of aryl methyl sites for hydroxylation is 2. The molecule has 0 spiro atoms. The quantitative estimate of drug-likeness (QED) is 0.327. The molecule has 0 aliphatic carbocycles. The van der Waals surface area contributed by atoms with Crippen molar-refractivity contribution in [1.29, 1.82) is 0 Å². The van der Waals surface area contributed by atoms with E-state index in [1.807, 2.05) is 0 Å². The van der Waals surface area contributed by atoms with Crippen molar-refractivity contribution in [1.82, 2.24) is 39.2 Å². The van der Waals surface area contributed by atoms with Gasteiger partial charge in [-0.25, -0.2) is 23.3 Å². The fourth-order valence-electron chi connectivity index (χ4n) is 4.74. The van der Waals surface area contributed by atoms with E-state index >= 15 is 0 Å². The van der Waals surface area contributed by atoms with E-state index in [9.17, 15) is 18.4 Å². The number of carbonyl (C=O) groups excluding carboxylic acids is 1.